The standard InChI is InChI=1S/C24H34O/c1-8-25-24(23-15-18(4)12-20(6)21(23)7)10-9-19(5)22-13-16(2)11-17(3)14-22/h11-15,19,24H,8-10H2,1-7H3. The molecule has 0 radical (unpaired) electrons. The first-order chi connectivity index (χ1) is 11.8. The summed E-state index contributed by atoms with van der Waals surface area (Å²) in [5.41, 5.74) is 9.59. The fraction of sp³-hybridized carbons (Fsp3) is 0.500. The van der Waals surface area contributed by atoms with Crippen LogP contribution in [-0.2, 0) is 4.74 Å². The van der Waals surface area contributed by atoms with Crippen molar-refractivity contribution in [2.45, 2.75) is 73.3 Å². The molecule has 0 aliphatic heterocycles. The quantitative estimate of drug-likeness (QED) is 0.534. The van der Waals surface area contributed by atoms with Crippen LogP contribution in [0.2, 0.25) is 0 Å². The average Bonchev–Trinajstić information content (AvgIpc) is 2.53. The van der Waals surface area contributed by atoms with Crippen LogP contribution in [0.1, 0.15) is 77.7 Å². The van der Waals surface area contributed by atoms with Gasteiger partial charge < -0.3 is 4.74 Å². The zero-order chi connectivity index (χ0) is 18.6. The maximum absolute atomic E-state index is 6.15. The normalized spacial score (nSPS) is 13.7. The van der Waals surface area contributed by atoms with E-state index < -0.39 is 0 Å². The van der Waals surface area contributed by atoms with Crippen LogP contribution in [0.15, 0.2) is 30.3 Å². The van der Waals surface area contributed by atoms with Gasteiger partial charge in [0.2, 0.25) is 0 Å². The third kappa shape index (κ3) is 5.19. The van der Waals surface area contributed by atoms with Gasteiger partial charge >= 0.3 is 0 Å². The van der Waals surface area contributed by atoms with Crippen molar-refractivity contribution in [3.63, 3.8) is 0 Å². The molecule has 0 aliphatic rings. The van der Waals surface area contributed by atoms with E-state index in [1.807, 2.05) is 0 Å². The highest BCUT2D eigenvalue weighted by Crippen LogP contribution is 2.32. The molecule has 2 aromatic carbocycles. The Bertz CT molecular complexity index is 694. The predicted molar refractivity (Wildman–Crippen MR) is 109 cm³/mol. The lowest BCUT2D eigenvalue weighted by Crippen LogP contribution is -2.09. The van der Waals surface area contributed by atoms with Gasteiger partial charge in [0.05, 0.1) is 6.10 Å². The fourth-order valence-electron chi connectivity index (χ4n) is 3.80. The monoisotopic (exact) mass is 338 g/mol. The first-order valence-electron chi connectivity index (χ1n) is 9.59. The largest absolute Gasteiger partial charge is 0.374 e. The van der Waals surface area contributed by atoms with Crippen molar-refractivity contribution in [2.24, 2.45) is 0 Å². The number of hydrogen-bond acceptors (Lipinski definition) is 1. The van der Waals surface area contributed by atoms with E-state index in [0.717, 1.165) is 19.4 Å². The van der Waals surface area contributed by atoms with Crippen molar-refractivity contribution in [3.05, 3.63) is 69.3 Å². The molecule has 0 N–H and O–H groups in total. The minimum atomic E-state index is 0.192. The summed E-state index contributed by atoms with van der Waals surface area (Å²) in [7, 11) is 0. The highest BCUT2D eigenvalue weighted by Gasteiger charge is 2.18. The first-order valence-corrected chi connectivity index (χ1v) is 9.59. The number of rotatable bonds is 7. The van der Waals surface area contributed by atoms with Crippen LogP contribution in [0.3, 0.4) is 0 Å². The minimum Gasteiger partial charge on any atom is -0.374 e. The van der Waals surface area contributed by atoms with Crippen LogP contribution in [0.4, 0.5) is 0 Å². The summed E-state index contributed by atoms with van der Waals surface area (Å²) in [5.74, 6) is 0.549. The zero-order valence-electron chi connectivity index (χ0n) is 17.1. The lowest BCUT2D eigenvalue weighted by molar-refractivity contribution is 0.0531. The number of ether oxygens (including phenoxy) is 1. The molecule has 2 atom stereocenters. The summed E-state index contributed by atoms with van der Waals surface area (Å²) >= 11 is 0. The summed E-state index contributed by atoms with van der Waals surface area (Å²) in [6, 6.07) is 11.5. The molecule has 0 heterocycles. The second-order valence-electron chi connectivity index (χ2n) is 7.64. The lowest BCUT2D eigenvalue weighted by Gasteiger charge is -2.23. The van der Waals surface area contributed by atoms with E-state index in [1.54, 1.807) is 0 Å². The van der Waals surface area contributed by atoms with Crippen LogP contribution in [0, 0.1) is 34.6 Å². The Kier molecular flexibility index (Phi) is 6.84. The van der Waals surface area contributed by atoms with Gasteiger partial charge in [0, 0.05) is 6.61 Å². The zero-order valence-corrected chi connectivity index (χ0v) is 17.1. The van der Waals surface area contributed by atoms with Gasteiger partial charge in [-0.3, -0.25) is 0 Å². The van der Waals surface area contributed by atoms with Crippen molar-refractivity contribution >= 4 is 0 Å². The topological polar surface area (TPSA) is 9.23 Å². The van der Waals surface area contributed by atoms with Crippen molar-refractivity contribution in [1.29, 1.82) is 0 Å². The maximum atomic E-state index is 6.15. The molecule has 2 aromatic rings. The molecular formula is C24H34O. The molecule has 0 aliphatic carbocycles. The molecule has 25 heavy (non-hydrogen) atoms. The summed E-state index contributed by atoms with van der Waals surface area (Å²) in [6.45, 7) is 16.2. The number of benzene rings is 2. The highest BCUT2D eigenvalue weighted by molar-refractivity contribution is 5.38. The van der Waals surface area contributed by atoms with Crippen LogP contribution in [0.25, 0.3) is 0 Å². The summed E-state index contributed by atoms with van der Waals surface area (Å²) in [5, 5.41) is 0. The third-order valence-corrected chi connectivity index (χ3v) is 5.24. The summed E-state index contributed by atoms with van der Waals surface area (Å²) in [6.07, 6.45) is 2.39. The van der Waals surface area contributed by atoms with Crippen LogP contribution >= 0.6 is 0 Å². The Morgan fingerprint density at radius 2 is 1.40 bits per heavy atom. The van der Waals surface area contributed by atoms with Gasteiger partial charge in [-0.05, 0) is 82.6 Å². The smallest absolute Gasteiger partial charge is 0.0827 e. The predicted octanol–water partition coefficient (Wildman–Crippen LogP) is 6.89. The van der Waals surface area contributed by atoms with Gasteiger partial charge in [-0.1, -0.05) is 53.9 Å². The van der Waals surface area contributed by atoms with E-state index in [-0.39, 0.29) is 6.10 Å². The molecule has 1 heteroatoms. The average molecular weight is 339 g/mol. The number of aryl methyl sites for hydroxylation is 4. The Balaban J connectivity index is 2.17. The van der Waals surface area contributed by atoms with E-state index in [2.05, 4.69) is 78.8 Å². The molecule has 0 fully saturated rings. The number of hydrogen-bond donors (Lipinski definition) is 0. The van der Waals surface area contributed by atoms with Crippen molar-refractivity contribution in [3.8, 4) is 0 Å². The van der Waals surface area contributed by atoms with Crippen LogP contribution in [0.5, 0.6) is 0 Å². The van der Waals surface area contributed by atoms with Crippen molar-refractivity contribution in [1.82, 2.24) is 0 Å². The Morgan fingerprint density at radius 3 is 2.00 bits per heavy atom. The van der Waals surface area contributed by atoms with E-state index in [1.165, 1.54) is 38.9 Å². The van der Waals surface area contributed by atoms with Gasteiger partial charge in [0.25, 0.3) is 0 Å². The SMILES string of the molecule is CCOC(CCC(C)c1cc(C)cc(C)c1)c1cc(C)cc(C)c1C. The molecule has 1 nitrogen and oxygen atoms in total. The van der Waals surface area contributed by atoms with E-state index in [9.17, 15) is 0 Å². The first kappa shape index (κ1) is 19.7. The van der Waals surface area contributed by atoms with Gasteiger partial charge in [0.1, 0.15) is 0 Å². The van der Waals surface area contributed by atoms with E-state index >= 15 is 0 Å². The van der Waals surface area contributed by atoms with Gasteiger partial charge in [0.15, 0.2) is 0 Å². The van der Waals surface area contributed by atoms with E-state index in [0.29, 0.717) is 5.92 Å². The molecule has 0 aromatic heterocycles. The second kappa shape index (κ2) is 8.67. The highest BCUT2D eigenvalue weighted by atomic mass is 16.5. The molecule has 0 amide bonds. The molecular weight excluding hydrogens is 304 g/mol. The van der Waals surface area contributed by atoms with Gasteiger partial charge in [-0.2, -0.15) is 0 Å². The van der Waals surface area contributed by atoms with E-state index in [4.69, 9.17) is 4.74 Å². The van der Waals surface area contributed by atoms with Gasteiger partial charge in [-0.25, -0.2) is 0 Å². The molecule has 0 spiro atoms. The maximum Gasteiger partial charge on any atom is 0.0827 e. The summed E-state index contributed by atoms with van der Waals surface area (Å²) < 4.78 is 6.15. The lowest BCUT2D eigenvalue weighted by atomic mass is 9.89. The van der Waals surface area contributed by atoms with Crippen molar-refractivity contribution < 1.29 is 4.74 Å². The molecule has 0 saturated carbocycles. The Morgan fingerprint density at radius 1 is 0.800 bits per heavy atom. The Labute approximate surface area is 154 Å². The molecule has 0 saturated heterocycles. The van der Waals surface area contributed by atoms with Crippen LogP contribution < -0.4 is 0 Å². The molecule has 2 unspecified atom stereocenters. The molecule has 2 rings (SSSR count). The van der Waals surface area contributed by atoms with Crippen molar-refractivity contribution in [2.75, 3.05) is 6.61 Å². The summed E-state index contributed by atoms with van der Waals surface area (Å²) in [4.78, 5) is 0. The fourth-order valence-corrected chi connectivity index (χ4v) is 3.80. The molecule has 0 bridgehead atoms. The van der Waals surface area contributed by atoms with Crippen LogP contribution in [-0.4, -0.2) is 6.61 Å². The van der Waals surface area contributed by atoms with Gasteiger partial charge in [-0.15, -0.1) is 0 Å². The third-order valence-electron chi connectivity index (χ3n) is 5.24. The Hall–Kier alpha value is -1.60. The minimum absolute atomic E-state index is 0.192. The second-order valence-corrected chi connectivity index (χ2v) is 7.64. The molecule has 136 valence electrons.